The Morgan fingerprint density at radius 3 is 1.85 bits per heavy atom. The first-order valence-corrected chi connectivity index (χ1v) is 11.0. The van der Waals surface area contributed by atoms with E-state index in [1.54, 1.807) is 6.92 Å². The third-order valence-electron chi connectivity index (χ3n) is 4.70. The average molecular weight is 367 g/mol. The van der Waals surface area contributed by atoms with Gasteiger partial charge >= 0.3 is 5.97 Å². The smallest absolute Gasteiger partial charge is 0.384 e. The summed E-state index contributed by atoms with van der Waals surface area (Å²) in [5.41, 5.74) is 0. The topological polar surface area (TPSA) is 46.5 Å². The zero-order chi connectivity index (χ0) is 19.3. The van der Waals surface area contributed by atoms with Gasteiger partial charge in [-0.25, -0.2) is 4.79 Å². The Hall–Kier alpha value is -1.01. The predicted octanol–water partition coefficient (Wildman–Crippen LogP) is 6.18. The molecule has 0 aliphatic rings. The van der Waals surface area contributed by atoms with E-state index in [9.17, 15) is 9.90 Å². The van der Waals surface area contributed by atoms with E-state index < -0.39 is 5.97 Å². The van der Waals surface area contributed by atoms with E-state index in [-0.39, 0.29) is 6.10 Å². The van der Waals surface area contributed by atoms with Crippen LogP contribution in [-0.2, 0) is 9.53 Å². The van der Waals surface area contributed by atoms with Crippen molar-refractivity contribution in [1.82, 2.24) is 0 Å². The van der Waals surface area contributed by atoms with Gasteiger partial charge in [0.15, 0.2) is 0 Å². The van der Waals surface area contributed by atoms with Crippen LogP contribution in [0.25, 0.3) is 0 Å². The molecule has 0 aliphatic carbocycles. The number of carbonyl (C=O) groups is 1. The van der Waals surface area contributed by atoms with E-state index in [1.165, 1.54) is 70.6 Å². The molecule has 0 spiro atoms. The molecule has 0 amide bonds. The van der Waals surface area contributed by atoms with E-state index in [0.29, 0.717) is 6.61 Å². The molecule has 152 valence electrons. The molecule has 3 heteroatoms. The van der Waals surface area contributed by atoms with Gasteiger partial charge in [0.25, 0.3) is 0 Å². The zero-order valence-electron chi connectivity index (χ0n) is 17.4. The molecular formula is C23H42O3. The third kappa shape index (κ3) is 19.3. The van der Waals surface area contributed by atoms with Gasteiger partial charge < -0.3 is 9.84 Å². The summed E-state index contributed by atoms with van der Waals surface area (Å²) < 4.78 is 4.76. The normalized spacial score (nSPS) is 11.7. The monoisotopic (exact) mass is 366 g/mol. The first kappa shape index (κ1) is 25.0. The minimum absolute atomic E-state index is 0.0638. The Morgan fingerprint density at radius 2 is 1.31 bits per heavy atom. The highest BCUT2D eigenvalue weighted by atomic mass is 16.5. The third-order valence-corrected chi connectivity index (χ3v) is 4.70. The van der Waals surface area contributed by atoms with Gasteiger partial charge in [0, 0.05) is 12.3 Å². The van der Waals surface area contributed by atoms with Crippen molar-refractivity contribution in [2.45, 2.75) is 123 Å². The van der Waals surface area contributed by atoms with Gasteiger partial charge in [-0.3, -0.25) is 0 Å². The molecule has 0 unspecified atom stereocenters. The lowest BCUT2D eigenvalue weighted by atomic mass is 10.0. The first-order valence-electron chi connectivity index (χ1n) is 11.0. The number of aliphatic hydroxyl groups excluding tert-OH is 1. The predicted molar refractivity (Wildman–Crippen MR) is 110 cm³/mol. The molecule has 0 bridgehead atoms. The van der Waals surface area contributed by atoms with Crippen LogP contribution in [0.1, 0.15) is 117 Å². The maximum atomic E-state index is 11.0. The summed E-state index contributed by atoms with van der Waals surface area (Å²) in [5.74, 6) is 4.99. The van der Waals surface area contributed by atoms with Gasteiger partial charge in [0.1, 0.15) is 0 Å². The SMILES string of the molecule is CCCC[C@@H](O)CCCCCCCCCCCCCC#CC(=O)OCC. The molecule has 0 aromatic heterocycles. The van der Waals surface area contributed by atoms with Crippen LogP contribution in [0.2, 0.25) is 0 Å². The number of carbonyl (C=O) groups excluding carboxylic acids is 1. The fraction of sp³-hybridized carbons (Fsp3) is 0.870. The Morgan fingerprint density at radius 1 is 0.808 bits per heavy atom. The Kier molecular flexibility index (Phi) is 19.5. The van der Waals surface area contributed by atoms with Crippen LogP contribution in [-0.4, -0.2) is 23.8 Å². The van der Waals surface area contributed by atoms with Crippen molar-refractivity contribution in [3.05, 3.63) is 0 Å². The summed E-state index contributed by atoms with van der Waals surface area (Å²) in [6, 6.07) is 0. The fourth-order valence-electron chi connectivity index (χ4n) is 3.07. The second kappa shape index (κ2) is 20.3. The number of rotatable bonds is 17. The lowest BCUT2D eigenvalue weighted by Crippen LogP contribution is -2.05. The Bertz CT molecular complexity index is 367. The summed E-state index contributed by atoms with van der Waals surface area (Å²) >= 11 is 0. The molecule has 26 heavy (non-hydrogen) atoms. The number of ether oxygens (including phenoxy) is 1. The van der Waals surface area contributed by atoms with Crippen LogP contribution >= 0.6 is 0 Å². The fourth-order valence-corrected chi connectivity index (χ4v) is 3.07. The number of hydrogen-bond acceptors (Lipinski definition) is 3. The van der Waals surface area contributed by atoms with Crippen molar-refractivity contribution in [3.8, 4) is 11.8 Å². The van der Waals surface area contributed by atoms with Crippen molar-refractivity contribution in [2.24, 2.45) is 0 Å². The quantitative estimate of drug-likeness (QED) is 0.145. The van der Waals surface area contributed by atoms with Gasteiger partial charge in [-0.05, 0) is 26.2 Å². The standard InChI is InChI=1S/C23H42O3/c1-3-5-19-22(24)20-17-15-13-11-9-7-6-8-10-12-14-16-18-21-23(25)26-4-2/h22,24H,3-17,19-20H2,1-2H3/t22-/m1/s1. The summed E-state index contributed by atoms with van der Waals surface area (Å²) in [7, 11) is 0. The molecule has 0 saturated carbocycles. The maximum Gasteiger partial charge on any atom is 0.384 e. The second-order valence-corrected chi connectivity index (χ2v) is 7.25. The van der Waals surface area contributed by atoms with E-state index in [0.717, 1.165) is 32.1 Å². The van der Waals surface area contributed by atoms with Gasteiger partial charge in [0.2, 0.25) is 0 Å². The largest absolute Gasteiger partial charge is 0.456 e. The summed E-state index contributed by atoms with van der Waals surface area (Å²) in [6.07, 6.45) is 19.1. The molecular weight excluding hydrogens is 324 g/mol. The molecule has 0 saturated heterocycles. The number of aliphatic hydroxyl groups is 1. The van der Waals surface area contributed by atoms with Crippen LogP contribution in [0.5, 0.6) is 0 Å². The highest BCUT2D eigenvalue weighted by Gasteiger charge is 2.02. The molecule has 0 aliphatic heterocycles. The van der Waals surface area contributed by atoms with E-state index in [2.05, 4.69) is 18.8 Å². The van der Waals surface area contributed by atoms with Gasteiger partial charge in [-0.15, -0.1) is 0 Å². The number of esters is 1. The molecule has 0 fully saturated rings. The second-order valence-electron chi connectivity index (χ2n) is 7.25. The molecule has 1 N–H and O–H groups in total. The van der Waals surface area contributed by atoms with Gasteiger partial charge in [-0.2, -0.15) is 0 Å². The Balaban J connectivity index is 3.19. The zero-order valence-corrected chi connectivity index (χ0v) is 17.4. The summed E-state index contributed by atoms with van der Waals surface area (Å²) in [6.45, 7) is 4.37. The van der Waals surface area contributed by atoms with E-state index >= 15 is 0 Å². The van der Waals surface area contributed by atoms with Crippen LogP contribution in [0.3, 0.4) is 0 Å². The molecule has 0 rings (SSSR count). The van der Waals surface area contributed by atoms with Gasteiger partial charge in [0.05, 0.1) is 12.7 Å². The molecule has 0 aromatic rings. The minimum atomic E-state index is -0.403. The lowest BCUT2D eigenvalue weighted by Gasteiger charge is -2.09. The molecule has 1 atom stereocenters. The average Bonchev–Trinajstić information content (AvgIpc) is 2.63. The highest BCUT2D eigenvalue weighted by molar-refractivity contribution is 5.88. The van der Waals surface area contributed by atoms with Crippen LogP contribution in [0.15, 0.2) is 0 Å². The van der Waals surface area contributed by atoms with Gasteiger partial charge in [-0.1, -0.05) is 89.9 Å². The summed E-state index contributed by atoms with van der Waals surface area (Å²) in [4.78, 5) is 11.0. The number of hydrogen-bond donors (Lipinski definition) is 1. The van der Waals surface area contributed by atoms with Crippen LogP contribution in [0.4, 0.5) is 0 Å². The molecule has 3 nitrogen and oxygen atoms in total. The Labute approximate surface area is 162 Å². The minimum Gasteiger partial charge on any atom is -0.456 e. The van der Waals surface area contributed by atoms with E-state index in [4.69, 9.17) is 4.74 Å². The summed E-state index contributed by atoms with van der Waals surface area (Å²) in [5, 5.41) is 9.79. The van der Waals surface area contributed by atoms with Crippen molar-refractivity contribution < 1.29 is 14.6 Å². The maximum absolute atomic E-state index is 11.0. The van der Waals surface area contributed by atoms with E-state index in [1.807, 2.05) is 0 Å². The number of unbranched alkanes of at least 4 members (excludes halogenated alkanes) is 12. The van der Waals surface area contributed by atoms with Crippen molar-refractivity contribution in [2.75, 3.05) is 6.61 Å². The molecule has 0 heterocycles. The molecule has 0 radical (unpaired) electrons. The van der Waals surface area contributed by atoms with Crippen molar-refractivity contribution >= 4 is 5.97 Å². The first-order chi connectivity index (χ1) is 12.7. The van der Waals surface area contributed by atoms with Crippen LogP contribution in [0, 0.1) is 11.8 Å². The van der Waals surface area contributed by atoms with Crippen molar-refractivity contribution in [1.29, 1.82) is 0 Å². The molecule has 0 aromatic carbocycles. The van der Waals surface area contributed by atoms with Crippen LogP contribution < -0.4 is 0 Å². The van der Waals surface area contributed by atoms with Crippen molar-refractivity contribution in [3.63, 3.8) is 0 Å². The lowest BCUT2D eigenvalue weighted by molar-refractivity contribution is -0.136. The highest BCUT2D eigenvalue weighted by Crippen LogP contribution is 2.14.